The number of hydrogen-bond acceptors (Lipinski definition) is 5. The molecule has 6 rings (SSSR count). The van der Waals surface area contributed by atoms with Crippen molar-refractivity contribution in [2.45, 2.75) is 19.8 Å². The second-order valence-corrected chi connectivity index (χ2v) is 11.4. The van der Waals surface area contributed by atoms with Crippen LogP contribution in [0.1, 0.15) is 16.7 Å². The lowest BCUT2D eigenvalue weighted by molar-refractivity contribution is 0.230. The minimum absolute atomic E-state index is 0.383. The van der Waals surface area contributed by atoms with E-state index < -0.39 is 0 Å². The number of halogens is 1. The number of thiazole rings is 1. The number of hydrogen-bond donors (Lipinski definition) is 0. The van der Waals surface area contributed by atoms with E-state index in [1.54, 1.807) is 11.3 Å². The van der Waals surface area contributed by atoms with Crippen molar-refractivity contribution in [1.29, 1.82) is 0 Å². The van der Waals surface area contributed by atoms with E-state index in [-0.39, 0.29) is 0 Å². The van der Waals surface area contributed by atoms with Crippen LogP contribution in [0.3, 0.4) is 0 Å². The van der Waals surface area contributed by atoms with E-state index in [1.807, 2.05) is 115 Å². The second-order valence-electron chi connectivity index (χ2n) is 9.67. The van der Waals surface area contributed by atoms with Crippen molar-refractivity contribution in [2.24, 2.45) is 0 Å². The molecule has 208 valence electrons. The fraction of sp³-hybridized carbons (Fsp3) is 0.0833. The summed E-state index contributed by atoms with van der Waals surface area (Å²) in [6.07, 6.45) is 0. The van der Waals surface area contributed by atoms with Crippen molar-refractivity contribution in [1.82, 2.24) is 4.98 Å². The van der Waals surface area contributed by atoms with Gasteiger partial charge in [-0.05, 0) is 41.0 Å². The van der Waals surface area contributed by atoms with Gasteiger partial charge in [-0.1, -0.05) is 119 Å². The molecule has 0 N–H and O–H groups in total. The van der Waals surface area contributed by atoms with Crippen LogP contribution in [0.25, 0.3) is 21.8 Å². The van der Waals surface area contributed by atoms with Gasteiger partial charge in [0.1, 0.15) is 24.8 Å². The molecule has 4 nitrogen and oxygen atoms in total. The Morgan fingerprint density at radius 3 is 1.52 bits per heavy atom. The van der Waals surface area contributed by atoms with Gasteiger partial charge < -0.3 is 14.2 Å². The summed E-state index contributed by atoms with van der Waals surface area (Å²) in [5.74, 6) is 1.78. The third-order valence-corrected chi connectivity index (χ3v) is 8.03. The Hall–Kier alpha value is -4.39. The van der Waals surface area contributed by atoms with E-state index in [1.165, 1.54) is 0 Å². The van der Waals surface area contributed by atoms with Crippen molar-refractivity contribution >= 4 is 27.3 Å². The maximum atomic E-state index is 6.44. The number of rotatable bonds is 11. The third kappa shape index (κ3) is 7.08. The van der Waals surface area contributed by atoms with Gasteiger partial charge in [-0.2, -0.15) is 0 Å². The SMILES string of the molecule is Brc1ccc(-c2nc(-c3cc(OCc4ccccc4)c(OCc4ccccc4)c(OCc4ccccc4)c3)cs2)cc1. The van der Waals surface area contributed by atoms with Crippen LogP contribution >= 0.6 is 27.3 Å². The van der Waals surface area contributed by atoms with E-state index >= 15 is 0 Å². The van der Waals surface area contributed by atoms with Gasteiger partial charge in [0.05, 0.1) is 5.69 Å². The van der Waals surface area contributed by atoms with Crippen molar-refractivity contribution in [2.75, 3.05) is 0 Å². The van der Waals surface area contributed by atoms with E-state index in [9.17, 15) is 0 Å². The largest absolute Gasteiger partial charge is 0.485 e. The highest BCUT2D eigenvalue weighted by Crippen LogP contribution is 2.43. The fourth-order valence-corrected chi connectivity index (χ4v) is 5.51. The summed E-state index contributed by atoms with van der Waals surface area (Å²) in [5, 5.41) is 3.01. The highest BCUT2D eigenvalue weighted by molar-refractivity contribution is 9.10. The molecule has 0 unspecified atom stereocenters. The number of ether oxygens (including phenoxy) is 3. The molecule has 0 aliphatic carbocycles. The first kappa shape index (κ1) is 27.8. The predicted octanol–water partition coefficient (Wildman–Crippen LogP) is 9.98. The Morgan fingerprint density at radius 1 is 0.548 bits per heavy atom. The van der Waals surface area contributed by atoms with Crippen LogP contribution < -0.4 is 14.2 Å². The lowest BCUT2D eigenvalue weighted by Gasteiger charge is -2.19. The summed E-state index contributed by atoms with van der Waals surface area (Å²) in [6.45, 7) is 1.17. The highest BCUT2D eigenvalue weighted by atomic mass is 79.9. The molecule has 0 radical (unpaired) electrons. The van der Waals surface area contributed by atoms with Crippen molar-refractivity contribution in [3.05, 3.63) is 154 Å². The molecule has 0 atom stereocenters. The minimum Gasteiger partial charge on any atom is -0.485 e. The van der Waals surface area contributed by atoms with Gasteiger partial charge in [0.25, 0.3) is 0 Å². The maximum Gasteiger partial charge on any atom is 0.203 e. The molecular weight excluding hydrogens is 606 g/mol. The van der Waals surface area contributed by atoms with Crippen LogP contribution in [0, 0.1) is 0 Å². The molecule has 0 fully saturated rings. The van der Waals surface area contributed by atoms with Crippen molar-refractivity contribution in [3.63, 3.8) is 0 Å². The summed E-state index contributed by atoms with van der Waals surface area (Å²) < 4.78 is 20.3. The van der Waals surface area contributed by atoms with Gasteiger partial charge in [0, 0.05) is 21.0 Å². The van der Waals surface area contributed by atoms with Crippen LogP contribution in [0.4, 0.5) is 0 Å². The normalized spacial score (nSPS) is 10.8. The van der Waals surface area contributed by atoms with Crippen LogP contribution in [0.5, 0.6) is 17.2 Å². The first-order chi connectivity index (χ1) is 20.7. The zero-order chi connectivity index (χ0) is 28.6. The monoisotopic (exact) mass is 633 g/mol. The molecule has 42 heavy (non-hydrogen) atoms. The summed E-state index contributed by atoms with van der Waals surface area (Å²) >= 11 is 5.12. The number of nitrogens with zero attached hydrogens (tertiary/aromatic N) is 1. The first-order valence-electron chi connectivity index (χ1n) is 13.6. The average molecular weight is 635 g/mol. The number of aromatic nitrogens is 1. The number of benzene rings is 5. The summed E-state index contributed by atoms with van der Waals surface area (Å²) in [6, 6.07) is 42.5. The van der Waals surface area contributed by atoms with Crippen LogP contribution in [-0.2, 0) is 19.8 Å². The molecule has 1 aromatic heterocycles. The van der Waals surface area contributed by atoms with Gasteiger partial charge in [-0.25, -0.2) is 4.98 Å². The zero-order valence-corrected chi connectivity index (χ0v) is 25.2. The van der Waals surface area contributed by atoms with Crippen molar-refractivity contribution < 1.29 is 14.2 Å². The quantitative estimate of drug-likeness (QED) is 0.142. The minimum atomic E-state index is 0.383. The molecule has 1 heterocycles. The Kier molecular flexibility index (Phi) is 8.93. The van der Waals surface area contributed by atoms with Gasteiger partial charge >= 0.3 is 0 Å². The molecule has 5 aromatic carbocycles. The fourth-order valence-electron chi connectivity index (χ4n) is 4.41. The molecule has 0 bridgehead atoms. The first-order valence-corrected chi connectivity index (χ1v) is 15.3. The molecule has 6 aromatic rings. The van der Waals surface area contributed by atoms with Crippen molar-refractivity contribution in [3.8, 4) is 39.1 Å². The van der Waals surface area contributed by atoms with Crippen LogP contribution in [0.15, 0.2) is 137 Å². The van der Waals surface area contributed by atoms with Crippen LogP contribution in [0.2, 0.25) is 0 Å². The zero-order valence-electron chi connectivity index (χ0n) is 22.8. The van der Waals surface area contributed by atoms with Gasteiger partial charge in [0.2, 0.25) is 5.75 Å². The van der Waals surface area contributed by atoms with Crippen LogP contribution in [-0.4, -0.2) is 4.98 Å². The smallest absolute Gasteiger partial charge is 0.203 e. The molecule has 0 amide bonds. The molecule has 6 heteroatoms. The summed E-state index contributed by atoms with van der Waals surface area (Å²) in [5.41, 5.74) is 6.00. The maximum absolute atomic E-state index is 6.44. The Morgan fingerprint density at radius 2 is 1.02 bits per heavy atom. The second kappa shape index (κ2) is 13.5. The Bertz CT molecular complexity index is 1660. The van der Waals surface area contributed by atoms with Gasteiger partial charge in [-0.3, -0.25) is 0 Å². The topological polar surface area (TPSA) is 40.6 Å². The molecule has 0 saturated heterocycles. The predicted molar refractivity (Wildman–Crippen MR) is 173 cm³/mol. The average Bonchev–Trinajstić information content (AvgIpc) is 3.54. The highest BCUT2D eigenvalue weighted by Gasteiger charge is 2.19. The lowest BCUT2D eigenvalue weighted by atomic mass is 10.1. The standard InChI is InChI=1S/C36H28BrNO3S/c37-31-18-16-29(17-19-31)36-38-32(25-42-36)30-20-33(39-22-26-10-4-1-5-11-26)35(41-24-28-14-8-3-9-15-28)34(21-30)40-23-27-12-6-2-7-13-27/h1-21,25H,22-24H2. The van der Waals surface area contributed by atoms with E-state index in [2.05, 4.69) is 33.4 Å². The lowest BCUT2D eigenvalue weighted by Crippen LogP contribution is -2.04. The Labute approximate surface area is 258 Å². The van der Waals surface area contributed by atoms with E-state index in [0.717, 1.165) is 43.0 Å². The Balaban J connectivity index is 1.38. The van der Waals surface area contributed by atoms with E-state index in [0.29, 0.717) is 37.1 Å². The summed E-state index contributed by atoms with van der Waals surface area (Å²) in [7, 11) is 0. The molecule has 0 aliphatic rings. The molecular formula is C36H28BrNO3S. The summed E-state index contributed by atoms with van der Waals surface area (Å²) in [4.78, 5) is 4.97. The van der Waals surface area contributed by atoms with Gasteiger partial charge in [-0.15, -0.1) is 11.3 Å². The van der Waals surface area contributed by atoms with E-state index in [4.69, 9.17) is 19.2 Å². The third-order valence-electron chi connectivity index (χ3n) is 6.61. The molecule has 0 spiro atoms. The van der Waals surface area contributed by atoms with Gasteiger partial charge in [0.15, 0.2) is 11.5 Å². The molecule has 0 saturated carbocycles. The molecule has 0 aliphatic heterocycles.